The molecule has 0 atom stereocenters. The van der Waals surface area contributed by atoms with Crippen LogP contribution in [-0.2, 0) is 11.3 Å². The number of hydrogen-bond acceptors (Lipinski definition) is 5. The van der Waals surface area contributed by atoms with Crippen LogP contribution >= 0.6 is 11.8 Å². The molecule has 0 aromatic heterocycles. The second kappa shape index (κ2) is 7.88. The van der Waals surface area contributed by atoms with Crippen molar-refractivity contribution < 1.29 is 14.8 Å². The molecule has 0 unspecified atom stereocenters. The van der Waals surface area contributed by atoms with Crippen molar-refractivity contribution >= 4 is 34.1 Å². The highest BCUT2D eigenvalue weighted by Crippen LogP contribution is 2.24. The van der Waals surface area contributed by atoms with Crippen LogP contribution in [0.25, 0.3) is 10.8 Å². The van der Waals surface area contributed by atoms with Crippen molar-refractivity contribution in [3.63, 3.8) is 0 Å². The van der Waals surface area contributed by atoms with Gasteiger partial charge in [0.25, 0.3) is 5.69 Å². The number of fused-ring (bicyclic) bond motifs is 1. The van der Waals surface area contributed by atoms with Gasteiger partial charge < -0.3 is 10.4 Å². The number of nitrogens with one attached hydrogen (secondary N) is 1. The highest BCUT2D eigenvalue weighted by Gasteiger charge is 2.08. The highest BCUT2D eigenvalue weighted by atomic mass is 32.2. The van der Waals surface area contributed by atoms with E-state index in [1.54, 1.807) is 0 Å². The van der Waals surface area contributed by atoms with Crippen LogP contribution < -0.4 is 10.4 Å². The second-order valence-corrected chi connectivity index (χ2v) is 6.67. The van der Waals surface area contributed by atoms with E-state index in [0.717, 1.165) is 27.8 Å². The van der Waals surface area contributed by atoms with Gasteiger partial charge in [-0.15, -0.1) is 17.5 Å². The summed E-state index contributed by atoms with van der Waals surface area (Å²) in [5.74, 6) is -0.381. The lowest BCUT2D eigenvalue weighted by Gasteiger charge is -2.13. The van der Waals surface area contributed by atoms with Gasteiger partial charge in [0, 0.05) is 23.6 Å². The van der Waals surface area contributed by atoms with Crippen LogP contribution in [0.4, 0.5) is 5.69 Å². The SMILES string of the molecule is O=C(CSc1ccc2ccccc2c1)NCc1cc([N+](=O)[O-])ccc1[O-]. The average Bonchev–Trinajstić information content (AvgIpc) is 2.65. The molecular weight excluding hydrogens is 352 g/mol. The molecule has 6 nitrogen and oxygen atoms in total. The fourth-order valence-corrected chi connectivity index (χ4v) is 3.24. The van der Waals surface area contributed by atoms with Gasteiger partial charge in [-0.1, -0.05) is 36.4 Å². The number of non-ortho nitro benzene ring substituents is 1. The molecular formula is C19H15N2O4S-. The van der Waals surface area contributed by atoms with Gasteiger partial charge in [-0.05, 0) is 28.5 Å². The maximum absolute atomic E-state index is 12.0. The van der Waals surface area contributed by atoms with Gasteiger partial charge in [0.15, 0.2) is 0 Å². The lowest BCUT2D eigenvalue weighted by molar-refractivity contribution is -0.385. The van der Waals surface area contributed by atoms with Gasteiger partial charge >= 0.3 is 0 Å². The summed E-state index contributed by atoms with van der Waals surface area (Å²) in [7, 11) is 0. The molecule has 3 aromatic rings. The number of nitro benzene ring substituents is 1. The molecule has 132 valence electrons. The number of hydrogen-bond donors (Lipinski definition) is 1. The van der Waals surface area contributed by atoms with Crippen LogP contribution in [0, 0.1) is 10.1 Å². The molecule has 0 saturated heterocycles. The molecule has 3 aromatic carbocycles. The first-order valence-corrected chi connectivity index (χ1v) is 8.84. The Bertz CT molecular complexity index is 975. The Balaban J connectivity index is 1.57. The van der Waals surface area contributed by atoms with E-state index < -0.39 is 4.92 Å². The number of thioether (sulfide) groups is 1. The van der Waals surface area contributed by atoms with Gasteiger partial charge in [-0.2, -0.15) is 0 Å². The molecule has 1 N–H and O–H groups in total. The number of benzene rings is 3. The minimum atomic E-state index is -0.569. The predicted molar refractivity (Wildman–Crippen MR) is 99.1 cm³/mol. The Morgan fingerprint density at radius 2 is 1.81 bits per heavy atom. The summed E-state index contributed by atoms with van der Waals surface area (Å²) in [5, 5.41) is 27.4. The topological polar surface area (TPSA) is 95.3 Å². The number of carbonyl (C=O) groups excluding carboxylic acids is 1. The van der Waals surface area contributed by atoms with Gasteiger partial charge in [0.1, 0.15) is 0 Å². The third-order valence-electron chi connectivity index (χ3n) is 3.82. The molecule has 1 amide bonds. The number of nitrogens with zero attached hydrogens (tertiary/aromatic N) is 1. The Hall–Kier alpha value is -3.06. The van der Waals surface area contributed by atoms with Crippen molar-refractivity contribution in [3.8, 4) is 5.75 Å². The summed E-state index contributed by atoms with van der Waals surface area (Å²) in [4.78, 5) is 23.2. The van der Waals surface area contributed by atoms with Crippen LogP contribution in [0.3, 0.4) is 0 Å². The Morgan fingerprint density at radius 3 is 2.58 bits per heavy atom. The molecule has 0 heterocycles. The van der Waals surface area contributed by atoms with Gasteiger partial charge in [0.05, 0.1) is 10.7 Å². The minimum Gasteiger partial charge on any atom is -0.872 e. The van der Waals surface area contributed by atoms with E-state index in [0.29, 0.717) is 0 Å². The molecule has 0 radical (unpaired) electrons. The third-order valence-corrected chi connectivity index (χ3v) is 4.82. The summed E-state index contributed by atoms with van der Waals surface area (Å²) < 4.78 is 0. The number of nitro groups is 1. The van der Waals surface area contributed by atoms with Crippen molar-refractivity contribution in [2.24, 2.45) is 0 Å². The van der Waals surface area contributed by atoms with Gasteiger partial charge in [-0.25, -0.2) is 0 Å². The summed E-state index contributed by atoms with van der Waals surface area (Å²) in [6.07, 6.45) is 0. The third kappa shape index (κ3) is 4.31. The summed E-state index contributed by atoms with van der Waals surface area (Å²) in [5.41, 5.74) is 0.0302. The lowest BCUT2D eigenvalue weighted by Crippen LogP contribution is -2.25. The molecule has 0 spiro atoms. The first kappa shape index (κ1) is 17.8. The molecule has 0 fully saturated rings. The van der Waals surface area contributed by atoms with Crippen LogP contribution in [0.1, 0.15) is 5.56 Å². The molecule has 3 rings (SSSR count). The van der Waals surface area contributed by atoms with Crippen LogP contribution in [-0.4, -0.2) is 16.6 Å². The smallest absolute Gasteiger partial charge is 0.269 e. The molecule has 0 saturated carbocycles. The van der Waals surface area contributed by atoms with E-state index in [1.807, 2.05) is 42.5 Å². The summed E-state index contributed by atoms with van der Waals surface area (Å²) in [6.45, 7) is -0.0301. The number of carbonyl (C=O) groups is 1. The Morgan fingerprint density at radius 1 is 1.04 bits per heavy atom. The maximum Gasteiger partial charge on any atom is 0.269 e. The second-order valence-electron chi connectivity index (χ2n) is 5.62. The minimum absolute atomic E-state index is 0.0301. The van der Waals surface area contributed by atoms with Crippen molar-refractivity contribution in [2.75, 3.05) is 5.75 Å². The summed E-state index contributed by atoms with van der Waals surface area (Å²) in [6, 6.07) is 17.4. The maximum atomic E-state index is 12.0. The highest BCUT2D eigenvalue weighted by molar-refractivity contribution is 8.00. The average molecular weight is 367 g/mol. The van der Waals surface area contributed by atoms with E-state index in [-0.39, 0.29) is 35.2 Å². The van der Waals surface area contributed by atoms with E-state index in [4.69, 9.17) is 0 Å². The van der Waals surface area contributed by atoms with E-state index in [9.17, 15) is 20.0 Å². The molecule has 26 heavy (non-hydrogen) atoms. The van der Waals surface area contributed by atoms with Gasteiger partial charge in [0.2, 0.25) is 5.91 Å². The largest absolute Gasteiger partial charge is 0.872 e. The van der Waals surface area contributed by atoms with Crippen molar-refractivity contribution in [1.29, 1.82) is 0 Å². The zero-order valence-corrected chi connectivity index (χ0v) is 14.5. The fourth-order valence-electron chi connectivity index (χ4n) is 2.47. The monoisotopic (exact) mass is 367 g/mol. The zero-order valence-electron chi connectivity index (χ0n) is 13.7. The van der Waals surface area contributed by atoms with Crippen LogP contribution in [0.5, 0.6) is 5.75 Å². The number of rotatable bonds is 6. The van der Waals surface area contributed by atoms with Crippen LogP contribution in [0.2, 0.25) is 0 Å². The van der Waals surface area contributed by atoms with Crippen molar-refractivity contribution in [3.05, 3.63) is 76.3 Å². The Kier molecular flexibility index (Phi) is 5.38. The van der Waals surface area contributed by atoms with Gasteiger partial charge in [-0.3, -0.25) is 14.9 Å². The first-order valence-electron chi connectivity index (χ1n) is 7.85. The fraction of sp³-hybridized carbons (Fsp3) is 0.105. The molecule has 0 bridgehead atoms. The predicted octanol–water partition coefficient (Wildman–Crippen LogP) is 3.23. The lowest BCUT2D eigenvalue weighted by atomic mass is 10.1. The van der Waals surface area contributed by atoms with Crippen LogP contribution in [0.15, 0.2) is 65.6 Å². The standard InChI is InChI=1S/C19H16N2O4S/c22-18-8-6-16(21(24)25)9-15(18)11-20-19(23)12-26-17-7-5-13-3-1-2-4-14(13)10-17/h1-10,22H,11-12H2,(H,20,23)/p-1. The molecule has 0 aliphatic rings. The van der Waals surface area contributed by atoms with E-state index in [1.165, 1.54) is 17.8 Å². The quantitative estimate of drug-likeness (QED) is 0.410. The normalized spacial score (nSPS) is 10.6. The summed E-state index contributed by atoms with van der Waals surface area (Å²) >= 11 is 1.39. The molecule has 7 heteroatoms. The molecule has 0 aliphatic carbocycles. The number of amides is 1. The van der Waals surface area contributed by atoms with E-state index >= 15 is 0 Å². The van der Waals surface area contributed by atoms with Crippen molar-refractivity contribution in [2.45, 2.75) is 11.4 Å². The Labute approximate surface area is 154 Å². The molecule has 0 aliphatic heterocycles. The zero-order chi connectivity index (χ0) is 18.5. The first-order chi connectivity index (χ1) is 12.5. The van der Waals surface area contributed by atoms with E-state index in [2.05, 4.69) is 5.32 Å². The van der Waals surface area contributed by atoms with Crippen molar-refractivity contribution in [1.82, 2.24) is 5.32 Å².